The van der Waals surface area contributed by atoms with Crippen LogP contribution in [0.1, 0.15) is 25.5 Å². The molecule has 0 saturated carbocycles. The van der Waals surface area contributed by atoms with Gasteiger partial charge >= 0.3 is 0 Å². The molecule has 0 radical (unpaired) electrons. The molecule has 1 N–H and O–H groups in total. The van der Waals surface area contributed by atoms with Gasteiger partial charge in [-0.2, -0.15) is 0 Å². The number of hydrogen-bond donors (Lipinski definition) is 1. The highest BCUT2D eigenvalue weighted by Gasteiger charge is 2.03. The van der Waals surface area contributed by atoms with Crippen molar-refractivity contribution in [3.63, 3.8) is 0 Å². The number of amides is 1. The molecule has 0 aliphatic heterocycles. The van der Waals surface area contributed by atoms with E-state index in [1.165, 1.54) is 11.3 Å². The van der Waals surface area contributed by atoms with Crippen LogP contribution in [0, 0.1) is 0 Å². The van der Waals surface area contributed by atoms with Gasteiger partial charge in [0.15, 0.2) is 5.13 Å². The molecule has 60 valence electrons. The summed E-state index contributed by atoms with van der Waals surface area (Å²) in [7, 11) is 0. The Morgan fingerprint density at radius 3 is 2.91 bits per heavy atom. The lowest BCUT2D eigenvalue weighted by molar-refractivity contribution is -0.105. The lowest BCUT2D eigenvalue weighted by atomic mass is 10.2. The molecule has 0 fully saturated rings. The molecule has 1 amide bonds. The van der Waals surface area contributed by atoms with Gasteiger partial charge in [-0.15, -0.1) is 11.3 Å². The van der Waals surface area contributed by atoms with Gasteiger partial charge in [-0.3, -0.25) is 4.79 Å². The van der Waals surface area contributed by atoms with Crippen LogP contribution in [-0.2, 0) is 4.79 Å². The van der Waals surface area contributed by atoms with Crippen LogP contribution in [-0.4, -0.2) is 11.4 Å². The van der Waals surface area contributed by atoms with Gasteiger partial charge in [0.05, 0.1) is 5.69 Å². The molecular weight excluding hydrogens is 160 g/mol. The summed E-state index contributed by atoms with van der Waals surface area (Å²) in [5.74, 6) is 0.424. The van der Waals surface area contributed by atoms with Crippen LogP contribution < -0.4 is 5.32 Å². The number of anilines is 1. The highest BCUT2D eigenvalue weighted by Crippen LogP contribution is 2.20. The van der Waals surface area contributed by atoms with Crippen molar-refractivity contribution in [1.82, 2.24) is 4.98 Å². The Balaban J connectivity index is 2.73. The van der Waals surface area contributed by atoms with E-state index >= 15 is 0 Å². The van der Waals surface area contributed by atoms with E-state index < -0.39 is 0 Å². The van der Waals surface area contributed by atoms with Gasteiger partial charge in [-0.25, -0.2) is 4.98 Å². The Bertz CT molecular complexity index is 244. The number of carbonyl (C=O) groups is 1. The standard InChI is InChI=1S/C7H10N2OS/c1-5(2)6-3-11-7(9-6)8-4-10/h3-5H,1-2H3,(H,8,9,10). The third kappa shape index (κ3) is 2.01. The summed E-state index contributed by atoms with van der Waals surface area (Å²) in [6.07, 6.45) is 0.642. The molecular formula is C7H10N2OS. The van der Waals surface area contributed by atoms with Crippen LogP contribution in [0.5, 0.6) is 0 Å². The fraction of sp³-hybridized carbons (Fsp3) is 0.429. The summed E-state index contributed by atoms with van der Waals surface area (Å²) in [4.78, 5) is 14.2. The van der Waals surface area contributed by atoms with Crippen molar-refractivity contribution in [2.24, 2.45) is 0 Å². The Kier molecular flexibility index (Phi) is 2.59. The van der Waals surface area contributed by atoms with Crippen molar-refractivity contribution in [2.45, 2.75) is 19.8 Å². The van der Waals surface area contributed by atoms with Crippen LogP contribution in [0.3, 0.4) is 0 Å². The molecule has 0 aromatic carbocycles. The first-order chi connectivity index (χ1) is 5.24. The van der Waals surface area contributed by atoms with Crippen LogP contribution in [0.25, 0.3) is 0 Å². The third-order valence-electron chi connectivity index (χ3n) is 1.30. The zero-order valence-corrected chi connectivity index (χ0v) is 7.31. The third-order valence-corrected chi connectivity index (χ3v) is 2.09. The summed E-state index contributed by atoms with van der Waals surface area (Å²) < 4.78 is 0. The number of hydrogen-bond acceptors (Lipinski definition) is 3. The average molecular weight is 170 g/mol. The second-order valence-electron chi connectivity index (χ2n) is 2.49. The van der Waals surface area contributed by atoms with Crippen LogP contribution in [0.4, 0.5) is 5.13 Å². The molecule has 4 heteroatoms. The van der Waals surface area contributed by atoms with Crippen LogP contribution in [0.2, 0.25) is 0 Å². The van der Waals surface area contributed by atoms with E-state index in [9.17, 15) is 4.79 Å². The number of rotatable bonds is 3. The van der Waals surface area contributed by atoms with E-state index in [2.05, 4.69) is 24.1 Å². The van der Waals surface area contributed by atoms with Crippen molar-refractivity contribution in [3.8, 4) is 0 Å². The highest BCUT2D eigenvalue weighted by molar-refractivity contribution is 7.13. The van der Waals surface area contributed by atoms with Crippen molar-refractivity contribution in [3.05, 3.63) is 11.1 Å². The minimum atomic E-state index is 0.424. The van der Waals surface area contributed by atoms with E-state index in [4.69, 9.17) is 0 Å². The summed E-state index contributed by atoms with van der Waals surface area (Å²) in [6, 6.07) is 0. The maximum atomic E-state index is 10.0. The molecule has 11 heavy (non-hydrogen) atoms. The molecule has 0 spiro atoms. The van der Waals surface area contributed by atoms with Crippen molar-refractivity contribution >= 4 is 22.9 Å². The summed E-state index contributed by atoms with van der Waals surface area (Å²) in [5, 5.41) is 5.13. The number of thiazole rings is 1. The highest BCUT2D eigenvalue weighted by atomic mass is 32.1. The van der Waals surface area contributed by atoms with Gasteiger partial charge in [0, 0.05) is 5.38 Å². The van der Waals surface area contributed by atoms with Gasteiger partial charge in [0.25, 0.3) is 0 Å². The van der Waals surface area contributed by atoms with E-state index in [0.29, 0.717) is 17.5 Å². The van der Waals surface area contributed by atoms with Crippen LogP contribution >= 0.6 is 11.3 Å². The molecule has 0 aliphatic carbocycles. The largest absolute Gasteiger partial charge is 0.305 e. The minimum Gasteiger partial charge on any atom is -0.305 e. The number of aromatic nitrogens is 1. The number of nitrogens with one attached hydrogen (secondary N) is 1. The molecule has 1 rings (SSSR count). The minimum absolute atomic E-state index is 0.424. The summed E-state index contributed by atoms with van der Waals surface area (Å²) in [5.41, 5.74) is 1.03. The quantitative estimate of drug-likeness (QED) is 0.703. The zero-order chi connectivity index (χ0) is 8.27. The molecule has 0 unspecified atom stereocenters. The first kappa shape index (κ1) is 8.20. The van der Waals surface area contributed by atoms with Gasteiger partial charge in [-0.05, 0) is 5.92 Å². The van der Waals surface area contributed by atoms with Crippen molar-refractivity contribution < 1.29 is 4.79 Å². The van der Waals surface area contributed by atoms with Crippen molar-refractivity contribution in [2.75, 3.05) is 5.32 Å². The number of nitrogens with zero attached hydrogens (tertiary/aromatic N) is 1. The predicted molar refractivity (Wildman–Crippen MR) is 45.9 cm³/mol. The molecule has 3 nitrogen and oxygen atoms in total. The SMILES string of the molecule is CC(C)c1csc(NC=O)n1. The normalized spacial score (nSPS) is 10.1. The summed E-state index contributed by atoms with van der Waals surface area (Å²) in [6.45, 7) is 4.14. The maximum absolute atomic E-state index is 10.0. The molecule has 0 bridgehead atoms. The molecule has 0 saturated heterocycles. The van der Waals surface area contributed by atoms with E-state index in [-0.39, 0.29) is 0 Å². The molecule has 0 aliphatic rings. The van der Waals surface area contributed by atoms with Gasteiger partial charge < -0.3 is 5.32 Å². The van der Waals surface area contributed by atoms with Crippen molar-refractivity contribution in [1.29, 1.82) is 0 Å². The maximum Gasteiger partial charge on any atom is 0.213 e. The molecule has 1 aromatic heterocycles. The van der Waals surface area contributed by atoms with E-state index in [1.54, 1.807) is 0 Å². The van der Waals surface area contributed by atoms with Gasteiger partial charge in [0.1, 0.15) is 0 Å². The Hall–Kier alpha value is -0.900. The molecule has 0 atom stereocenters. The monoisotopic (exact) mass is 170 g/mol. The smallest absolute Gasteiger partial charge is 0.213 e. The Morgan fingerprint density at radius 2 is 2.45 bits per heavy atom. The zero-order valence-electron chi connectivity index (χ0n) is 6.50. The van der Waals surface area contributed by atoms with E-state index in [0.717, 1.165) is 5.69 Å². The lowest BCUT2D eigenvalue weighted by Crippen LogP contribution is -1.93. The Morgan fingerprint density at radius 1 is 1.73 bits per heavy atom. The lowest BCUT2D eigenvalue weighted by Gasteiger charge is -1.95. The second kappa shape index (κ2) is 3.48. The predicted octanol–water partition coefficient (Wildman–Crippen LogP) is 1.83. The average Bonchev–Trinajstić information content (AvgIpc) is 2.37. The molecule has 1 heterocycles. The Labute approximate surface area is 69.5 Å². The van der Waals surface area contributed by atoms with Gasteiger partial charge in [-0.1, -0.05) is 13.8 Å². The van der Waals surface area contributed by atoms with Crippen LogP contribution in [0.15, 0.2) is 5.38 Å². The first-order valence-electron chi connectivity index (χ1n) is 3.39. The van der Waals surface area contributed by atoms with Gasteiger partial charge in [0.2, 0.25) is 6.41 Å². The number of carbonyl (C=O) groups excluding carboxylic acids is 1. The first-order valence-corrected chi connectivity index (χ1v) is 4.27. The molecule has 1 aromatic rings. The summed E-state index contributed by atoms with van der Waals surface area (Å²) >= 11 is 1.45. The second-order valence-corrected chi connectivity index (χ2v) is 3.35. The fourth-order valence-electron chi connectivity index (χ4n) is 0.668. The topological polar surface area (TPSA) is 42.0 Å². The fourth-order valence-corrected chi connectivity index (χ4v) is 1.50. The van der Waals surface area contributed by atoms with E-state index in [1.807, 2.05) is 5.38 Å².